The topological polar surface area (TPSA) is 63.2 Å². The number of hydrogen-bond acceptors (Lipinski definition) is 5. The molecule has 0 aliphatic carbocycles. The Kier molecular flexibility index (Phi) is 3.76. The van der Waals surface area contributed by atoms with Gasteiger partial charge in [-0.3, -0.25) is 9.58 Å². The van der Waals surface area contributed by atoms with E-state index in [1.165, 1.54) is 0 Å². The van der Waals surface area contributed by atoms with Crippen molar-refractivity contribution in [2.75, 3.05) is 33.7 Å². The molecule has 0 bridgehead atoms. The van der Waals surface area contributed by atoms with Crippen LogP contribution in [0.4, 0.5) is 0 Å². The second-order valence-electron chi connectivity index (χ2n) is 4.98. The molecule has 0 amide bonds. The summed E-state index contributed by atoms with van der Waals surface area (Å²) >= 11 is 0. The smallest absolute Gasteiger partial charge is 0.138 e. The molecule has 1 aliphatic heterocycles. The van der Waals surface area contributed by atoms with Gasteiger partial charge in [-0.1, -0.05) is 0 Å². The van der Waals surface area contributed by atoms with E-state index in [0.717, 1.165) is 31.9 Å². The molecule has 1 aliphatic rings. The van der Waals surface area contributed by atoms with Crippen molar-refractivity contribution in [1.29, 1.82) is 0 Å². The fourth-order valence-corrected chi connectivity index (χ4v) is 2.36. The first-order chi connectivity index (χ1) is 8.08. The number of hydrogen-bond donors (Lipinski definition) is 1. The number of piperazine rings is 1. The largest absolute Gasteiger partial charge is 0.326 e. The zero-order valence-corrected chi connectivity index (χ0v) is 10.9. The number of nitrogens with zero attached hydrogens (tertiary/aromatic N) is 5. The average molecular weight is 238 g/mol. The molecular formula is C11H22N6. The van der Waals surface area contributed by atoms with Crippen molar-refractivity contribution in [2.24, 2.45) is 12.8 Å². The molecule has 6 heteroatoms. The summed E-state index contributed by atoms with van der Waals surface area (Å²) in [5, 5.41) is 4.07. The molecular weight excluding hydrogens is 216 g/mol. The van der Waals surface area contributed by atoms with Gasteiger partial charge in [0.15, 0.2) is 0 Å². The number of aromatic nitrogens is 3. The first-order valence-electron chi connectivity index (χ1n) is 6.05. The van der Waals surface area contributed by atoms with E-state index in [-0.39, 0.29) is 6.04 Å². The number of nitrogens with two attached hydrogens (primary N) is 1. The van der Waals surface area contributed by atoms with E-state index in [4.69, 9.17) is 5.73 Å². The normalized spacial score (nSPS) is 25.1. The van der Waals surface area contributed by atoms with Gasteiger partial charge in [0, 0.05) is 45.2 Å². The maximum absolute atomic E-state index is 6.31. The van der Waals surface area contributed by atoms with Crippen LogP contribution in [0.1, 0.15) is 5.82 Å². The second kappa shape index (κ2) is 5.12. The lowest BCUT2D eigenvalue weighted by molar-refractivity contribution is 0.0967. The molecule has 96 valence electrons. The molecule has 2 rings (SSSR count). The summed E-state index contributed by atoms with van der Waals surface area (Å²) in [7, 11) is 6.20. The first-order valence-corrected chi connectivity index (χ1v) is 6.05. The fourth-order valence-electron chi connectivity index (χ4n) is 2.36. The molecule has 1 aromatic rings. The van der Waals surface area contributed by atoms with E-state index in [0.29, 0.717) is 6.04 Å². The highest BCUT2D eigenvalue weighted by Crippen LogP contribution is 2.11. The summed E-state index contributed by atoms with van der Waals surface area (Å²) in [5.74, 6) is 0.958. The van der Waals surface area contributed by atoms with Crippen molar-refractivity contribution in [1.82, 2.24) is 24.6 Å². The lowest BCUT2D eigenvalue weighted by atomic mass is 10.0. The molecule has 2 atom stereocenters. The van der Waals surface area contributed by atoms with E-state index >= 15 is 0 Å². The molecule has 0 aromatic carbocycles. The number of aryl methyl sites for hydroxylation is 1. The van der Waals surface area contributed by atoms with Crippen LogP contribution in [0, 0.1) is 0 Å². The van der Waals surface area contributed by atoms with Gasteiger partial charge in [-0.15, -0.1) is 0 Å². The van der Waals surface area contributed by atoms with Crippen molar-refractivity contribution in [3.8, 4) is 0 Å². The molecule has 0 saturated carbocycles. The van der Waals surface area contributed by atoms with Gasteiger partial charge < -0.3 is 10.6 Å². The van der Waals surface area contributed by atoms with Crippen LogP contribution in [0.2, 0.25) is 0 Å². The molecule has 1 fully saturated rings. The number of rotatable bonds is 3. The van der Waals surface area contributed by atoms with Crippen LogP contribution in [-0.4, -0.2) is 70.4 Å². The van der Waals surface area contributed by atoms with Crippen molar-refractivity contribution in [3.63, 3.8) is 0 Å². The van der Waals surface area contributed by atoms with Crippen molar-refractivity contribution >= 4 is 0 Å². The van der Waals surface area contributed by atoms with Crippen LogP contribution in [0.25, 0.3) is 0 Å². The van der Waals surface area contributed by atoms with Gasteiger partial charge in [0.1, 0.15) is 12.2 Å². The third kappa shape index (κ3) is 2.83. The van der Waals surface area contributed by atoms with Gasteiger partial charge in [-0.2, -0.15) is 5.10 Å². The zero-order chi connectivity index (χ0) is 12.4. The molecule has 0 spiro atoms. The van der Waals surface area contributed by atoms with Crippen LogP contribution in [0.3, 0.4) is 0 Å². The van der Waals surface area contributed by atoms with Crippen LogP contribution < -0.4 is 5.73 Å². The standard InChI is InChI=1S/C11H22N6/c1-15-4-5-16(2)10(7-15)9(12)6-11-13-8-14-17(11)3/h8-10H,4-7,12H2,1-3H3. The minimum atomic E-state index is 0.102. The van der Waals surface area contributed by atoms with E-state index in [1.807, 2.05) is 7.05 Å². The minimum Gasteiger partial charge on any atom is -0.326 e. The van der Waals surface area contributed by atoms with Crippen LogP contribution >= 0.6 is 0 Å². The van der Waals surface area contributed by atoms with Gasteiger partial charge >= 0.3 is 0 Å². The van der Waals surface area contributed by atoms with Crippen molar-refractivity contribution < 1.29 is 0 Å². The maximum Gasteiger partial charge on any atom is 0.138 e. The van der Waals surface area contributed by atoms with Crippen LogP contribution in [-0.2, 0) is 13.5 Å². The van der Waals surface area contributed by atoms with Gasteiger partial charge in [0.25, 0.3) is 0 Å². The molecule has 2 N–H and O–H groups in total. The highest BCUT2D eigenvalue weighted by atomic mass is 15.3. The summed E-state index contributed by atoms with van der Waals surface area (Å²) in [6, 6.07) is 0.496. The monoisotopic (exact) mass is 238 g/mol. The predicted molar refractivity (Wildman–Crippen MR) is 66.6 cm³/mol. The summed E-state index contributed by atoms with van der Waals surface area (Å²) in [6.45, 7) is 3.22. The molecule has 1 aromatic heterocycles. The summed E-state index contributed by atoms with van der Waals surface area (Å²) in [6.07, 6.45) is 2.36. The molecule has 17 heavy (non-hydrogen) atoms. The Labute approximate surface area is 102 Å². The molecule has 2 unspecified atom stereocenters. The Bertz CT molecular complexity index is 363. The van der Waals surface area contributed by atoms with Crippen molar-refractivity contribution in [3.05, 3.63) is 12.2 Å². The van der Waals surface area contributed by atoms with Crippen LogP contribution in [0.15, 0.2) is 6.33 Å². The third-order valence-corrected chi connectivity index (χ3v) is 3.62. The van der Waals surface area contributed by atoms with Gasteiger partial charge in [0.05, 0.1) is 0 Å². The Morgan fingerprint density at radius 2 is 2.18 bits per heavy atom. The molecule has 1 saturated heterocycles. The molecule has 0 radical (unpaired) electrons. The Morgan fingerprint density at radius 3 is 2.82 bits per heavy atom. The quantitative estimate of drug-likeness (QED) is 0.726. The lowest BCUT2D eigenvalue weighted by Gasteiger charge is -2.40. The van der Waals surface area contributed by atoms with E-state index in [2.05, 4.69) is 34.0 Å². The maximum atomic E-state index is 6.31. The van der Waals surface area contributed by atoms with Gasteiger partial charge in [0.2, 0.25) is 0 Å². The molecule has 6 nitrogen and oxygen atoms in total. The van der Waals surface area contributed by atoms with Gasteiger partial charge in [-0.25, -0.2) is 4.98 Å². The lowest BCUT2D eigenvalue weighted by Crippen LogP contribution is -2.58. The van der Waals surface area contributed by atoms with Crippen LogP contribution in [0.5, 0.6) is 0 Å². The summed E-state index contributed by atoms with van der Waals surface area (Å²) in [5.41, 5.74) is 6.31. The van der Waals surface area contributed by atoms with E-state index in [9.17, 15) is 0 Å². The average Bonchev–Trinajstić information content (AvgIpc) is 2.68. The minimum absolute atomic E-state index is 0.102. The predicted octanol–water partition coefficient (Wildman–Crippen LogP) is -1.07. The van der Waals surface area contributed by atoms with Gasteiger partial charge in [-0.05, 0) is 14.1 Å². The second-order valence-corrected chi connectivity index (χ2v) is 4.98. The summed E-state index contributed by atoms with van der Waals surface area (Å²) < 4.78 is 1.80. The molecule has 2 heterocycles. The van der Waals surface area contributed by atoms with E-state index < -0.39 is 0 Å². The third-order valence-electron chi connectivity index (χ3n) is 3.62. The van der Waals surface area contributed by atoms with E-state index in [1.54, 1.807) is 11.0 Å². The van der Waals surface area contributed by atoms with Crippen molar-refractivity contribution in [2.45, 2.75) is 18.5 Å². The fraction of sp³-hybridized carbons (Fsp3) is 0.818. The Hall–Kier alpha value is -0.980. The highest BCUT2D eigenvalue weighted by Gasteiger charge is 2.28. The number of likely N-dealkylation sites (N-methyl/N-ethyl adjacent to an activating group) is 2. The Morgan fingerprint density at radius 1 is 1.41 bits per heavy atom. The first kappa shape index (κ1) is 12.5. The summed E-state index contributed by atoms with van der Waals surface area (Å²) in [4.78, 5) is 8.92. The highest BCUT2D eigenvalue weighted by molar-refractivity contribution is 4.95. The SMILES string of the molecule is CN1CCN(C)C(C(N)Cc2ncnn2C)C1. The Balaban J connectivity index is 1.99. The zero-order valence-electron chi connectivity index (χ0n) is 10.9.